The number of pyridine rings is 1. The summed E-state index contributed by atoms with van der Waals surface area (Å²) < 4.78 is 48.3. The van der Waals surface area contributed by atoms with E-state index >= 15 is 0 Å². The molecule has 0 aliphatic carbocycles. The second-order valence-electron chi connectivity index (χ2n) is 6.71. The average molecular weight is 429 g/mol. The molecule has 3 heterocycles. The van der Waals surface area contributed by atoms with E-state index in [0.717, 1.165) is 17.6 Å². The van der Waals surface area contributed by atoms with E-state index < -0.39 is 11.9 Å². The van der Waals surface area contributed by atoms with Gasteiger partial charge in [-0.2, -0.15) is 18.2 Å². The molecule has 0 unspecified atom stereocenters. The van der Waals surface area contributed by atoms with Crippen molar-refractivity contribution in [1.29, 1.82) is 0 Å². The number of methoxy groups -OCH3 is 1. The lowest BCUT2D eigenvalue weighted by Crippen LogP contribution is -2.12. The Morgan fingerprint density at radius 1 is 1.13 bits per heavy atom. The lowest BCUT2D eigenvalue weighted by Gasteiger charge is -2.12. The second-order valence-corrected chi connectivity index (χ2v) is 6.71. The van der Waals surface area contributed by atoms with Crippen molar-refractivity contribution in [3.05, 3.63) is 60.4 Å². The van der Waals surface area contributed by atoms with E-state index in [1.54, 1.807) is 32.6 Å². The lowest BCUT2D eigenvalue weighted by atomic mass is 10.1. The van der Waals surface area contributed by atoms with E-state index in [0.29, 0.717) is 17.1 Å². The molecule has 31 heavy (non-hydrogen) atoms. The van der Waals surface area contributed by atoms with Gasteiger partial charge in [0, 0.05) is 25.0 Å². The average Bonchev–Trinajstić information content (AvgIpc) is 3.33. The number of ether oxygens (including phenoxy) is 1. The number of nitrogens with zero attached hydrogens (tertiary/aromatic N) is 6. The first-order chi connectivity index (χ1) is 14.8. The van der Waals surface area contributed by atoms with Gasteiger partial charge in [0.1, 0.15) is 5.75 Å². The van der Waals surface area contributed by atoms with E-state index in [9.17, 15) is 13.2 Å². The number of anilines is 2. The first kappa shape index (κ1) is 20.4. The summed E-state index contributed by atoms with van der Waals surface area (Å²) in [4.78, 5) is 12.0. The molecule has 8 nitrogen and oxygen atoms in total. The lowest BCUT2D eigenvalue weighted by molar-refractivity contribution is -0.140. The quantitative estimate of drug-likeness (QED) is 0.513. The van der Waals surface area contributed by atoms with Crippen molar-refractivity contribution in [2.45, 2.75) is 13.1 Å². The van der Waals surface area contributed by atoms with Crippen molar-refractivity contribution < 1.29 is 17.9 Å². The van der Waals surface area contributed by atoms with E-state index in [1.807, 2.05) is 23.8 Å². The van der Waals surface area contributed by atoms with Crippen LogP contribution in [0.5, 0.6) is 5.75 Å². The van der Waals surface area contributed by atoms with Gasteiger partial charge in [-0.3, -0.25) is 0 Å². The zero-order valence-corrected chi connectivity index (χ0v) is 16.8. The summed E-state index contributed by atoms with van der Waals surface area (Å²) in [5.74, 6) is 1.04. The Labute approximate surface area is 175 Å². The minimum absolute atomic E-state index is 0.141. The van der Waals surface area contributed by atoms with Gasteiger partial charge in [-0.15, -0.1) is 5.10 Å². The maximum atomic E-state index is 13.2. The van der Waals surface area contributed by atoms with Crippen LogP contribution in [0.15, 0.2) is 49.1 Å². The molecule has 1 N–H and O–H groups in total. The monoisotopic (exact) mass is 429 g/mol. The predicted octanol–water partition coefficient (Wildman–Crippen LogP) is 4.14. The molecule has 3 aromatic heterocycles. The van der Waals surface area contributed by atoms with Crippen LogP contribution < -0.4 is 10.1 Å². The third-order valence-corrected chi connectivity index (χ3v) is 4.51. The van der Waals surface area contributed by atoms with Crippen LogP contribution in [-0.4, -0.2) is 36.4 Å². The smallest absolute Gasteiger partial charge is 0.435 e. The van der Waals surface area contributed by atoms with Crippen LogP contribution in [0.1, 0.15) is 11.4 Å². The Kier molecular flexibility index (Phi) is 5.09. The summed E-state index contributed by atoms with van der Waals surface area (Å²) in [6, 6.07) is 8.10. The van der Waals surface area contributed by atoms with Crippen molar-refractivity contribution in [3.8, 4) is 22.8 Å². The summed E-state index contributed by atoms with van der Waals surface area (Å²) in [7, 11) is 3.13. The Morgan fingerprint density at radius 3 is 2.61 bits per heavy atom. The van der Waals surface area contributed by atoms with Crippen LogP contribution in [-0.2, 0) is 13.2 Å². The summed E-state index contributed by atoms with van der Waals surface area (Å²) in [5, 5.41) is 6.99. The van der Waals surface area contributed by atoms with Gasteiger partial charge in [-0.05, 0) is 37.3 Å². The minimum atomic E-state index is -4.60. The molecule has 160 valence electrons. The fourth-order valence-electron chi connectivity index (χ4n) is 3.05. The molecule has 4 rings (SSSR count). The van der Waals surface area contributed by atoms with Gasteiger partial charge in [0.05, 0.1) is 30.5 Å². The predicted molar refractivity (Wildman–Crippen MR) is 107 cm³/mol. The van der Waals surface area contributed by atoms with Gasteiger partial charge in [-0.25, -0.2) is 14.6 Å². The molecule has 0 aliphatic rings. The number of imidazole rings is 1. The summed E-state index contributed by atoms with van der Waals surface area (Å²) in [6.07, 6.45) is 0.0380. The number of benzene rings is 1. The number of aryl methyl sites for hydroxylation is 2. The molecule has 1 aromatic carbocycles. The van der Waals surface area contributed by atoms with Gasteiger partial charge in [-0.1, -0.05) is 0 Å². The molecule has 4 aromatic rings. The molecule has 0 saturated carbocycles. The fourth-order valence-corrected chi connectivity index (χ4v) is 3.05. The number of aromatic nitrogens is 6. The summed E-state index contributed by atoms with van der Waals surface area (Å²) in [6.45, 7) is 1.89. The Hall–Kier alpha value is -3.89. The van der Waals surface area contributed by atoms with Crippen molar-refractivity contribution >= 4 is 11.6 Å². The molecule has 0 amide bonds. The normalized spacial score (nSPS) is 11.5. The van der Waals surface area contributed by atoms with E-state index in [4.69, 9.17) is 4.74 Å². The SMILES string of the molecule is COc1cc(-c2nc(Nc3cccnc3C(F)(F)F)n(C)n2)ccc1-n1cnc(C)c1. The summed E-state index contributed by atoms with van der Waals surface area (Å²) in [5.41, 5.74) is 1.05. The molecule has 0 bridgehead atoms. The van der Waals surface area contributed by atoms with E-state index in [-0.39, 0.29) is 11.6 Å². The van der Waals surface area contributed by atoms with Crippen molar-refractivity contribution in [1.82, 2.24) is 29.3 Å². The molecular weight excluding hydrogens is 411 g/mol. The number of nitrogens with one attached hydrogen (secondary N) is 1. The van der Waals surface area contributed by atoms with Crippen LogP contribution in [0, 0.1) is 6.92 Å². The Bertz CT molecular complexity index is 1230. The number of hydrogen-bond acceptors (Lipinski definition) is 6. The van der Waals surface area contributed by atoms with Crippen LogP contribution in [0.4, 0.5) is 24.8 Å². The fraction of sp³-hybridized carbons (Fsp3) is 0.200. The van der Waals surface area contributed by atoms with Gasteiger partial charge in [0.15, 0.2) is 11.5 Å². The van der Waals surface area contributed by atoms with Crippen LogP contribution in [0.2, 0.25) is 0 Å². The van der Waals surface area contributed by atoms with Crippen LogP contribution >= 0.6 is 0 Å². The maximum absolute atomic E-state index is 13.2. The zero-order chi connectivity index (χ0) is 22.2. The number of rotatable bonds is 5. The first-order valence-corrected chi connectivity index (χ1v) is 9.16. The van der Waals surface area contributed by atoms with Crippen LogP contribution in [0.3, 0.4) is 0 Å². The van der Waals surface area contributed by atoms with Crippen molar-refractivity contribution in [3.63, 3.8) is 0 Å². The third kappa shape index (κ3) is 4.06. The van der Waals surface area contributed by atoms with Crippen LogP contribution in [0.25, 0.3) is 17.1 Å². The second kappa shape index (κ2) is 7.74. The van der Waals surface area contributed by atoms with E-state index in [1.165, 1.54) is 16.8 Å². The number of halogens is 3. The number of hydrogen-bond donors (Lipinski definition) is 1. The third-order valence-electron chi connectivity index (χ3n) is 4.51. The highest BCUT2D eigenvalue weighted by Crippen LogP contribution is 2.34. The molecular formula is C20H18F3N7O. The van der Waals surface area contributed by atoms with Gasteiger partial charge in [0.2, 0.25) is 5.95 Å². The Balaban J connectivity index is 1.67. The van der Waals surface area contributed by atoms with Crippen molar-refractivity contribution in [2.75, 3.05) is 12.4 Å². The largest absolute Gasteiger partial charge is 0.495 e. The summed E-state index contributed by atoms with van der Waals surface area (Å²) >= 11 is 0. The molecule has 11 heteroatoms. The first-order valence-electron chi connectivity index (χ1n) is 9.16. The number of alkyl halides is 3. The Morgan fingerprint density at radius 2 is 1.94 bits per heavy atom. The highest BCUT2D eigenvalue weighted by Gasteiger charge is 2.35. The standard InChI is InChI=1S/C20H18F3N7O/c1-12-10-30(11-25-12)15-7-6-13(9-16(15)31-3)18-27-19(29(2)28-18)26-14-5-4-8-24-17(14)20(21,22)23/h4-11H,1-3H3,(H,26,27,28). The van der Waals surface area contributed by atoms with E-state index in [2.05, 4.69) is 25.4 Å². The van der Waals surface area contributed by atoms with Gasteiger partial charge >= 0.3 is 6.18 Å². The maximum Gasteiger partial charge on any atom is 0.435 e. The minimum Gasteiger partial charge on any atom is -0.495 e. The molecule has 0 spiro atoms. The molecule has 0 radical (unpaired) electrons. The van der Waals surface area contributed by atoms with Gasteiger partial charge in [0.25, 0.3) is 0 Å². The highest BCUT2D eigenvalue weighted by atomic mass is 19.4. The van der Waals surface area contributed by atoms with Gasteiger partial charge < -0.3 is 14.6 Å². The molecule has 0 saturated heterocycles. The molecule has 0 aliphatic heterocycles. The molecule has 0 atom stereocenters. The zero-order valence-electron chi connectivity index (χ0n) is 16.8. The topological polar surface area (TPSA) is 82.7 Å². The highest BCUT2D eigenvalue weighted by molar-refractivity contribution is 5.65. The molecule has 0 fully saturated rings. The van der Waals surface area contributed by atoms with Crippen molar-refractivity contribution in [2.24, 2.45) is 7.05 Å².